The second kappa shape index (κ2) is 6.65. The summed E-state index contributed by atoms with van der Waals surface area (Å²) < 4.78 is 31.3. The van der Waals surface area contributed by atoms with Gasteiger partial charge in [0.2, 0.25) is 5.91 Å². The Kier molecular flexibility index (Phi) is 4.66. The van der Waals surface area contributed by atoms with Crippen LogP contribution in [-0.4, -0.2) is 13.0 Å². The van der Waals surface area contributed by atoms with Gasteiger partial charge in [-0.05, 0) is 24.3 Å². The van der Waals surface area contributed by atoms with Crippen LogP contribution in [0.25, 0.3) is 6.08 Å². The monoisotopic (exact) mass is 289 g/mol. The molecule has 0 radical (unpaired) electrons. The van der Waals surface area contributed by atoms with Crippen molar-refractivity contribution in [2.75, 3.05) is 12.4 Å². The number of amides is 1. The molecule has 0 aliphatic carbocycles. The van der Waals surface area contributed by atoms with E-state index in [9.17, 15) is 13.6 Å². The maximum Gasteiger partial charge on any atom is 0.248 e. The molecule has 0 aliphatic rings. The summed E-state index contributed by atoms with van der Waals surface area (Å²) in [5.74, 6) is -1.43. The van der Waals surface area contributed by atoms with Gasteiger partial charge in [-0.15, -0.1) is 0 Å². The standard InChI is InChI=1S/C16H13F2NO2/c1-21-15-5-3-2-4-11(15)6-9-16(20)19-14-8-7-12(17)10-13(14)18/h2-10H,1H3,(H,19,20). The normalized spacial score (nSPS) is 10.6. The third-order valence-corrected chi connectivity index (χ3v) is 2.74. The van der Waals surface area contributed by atoms with Crippen LogP contribution < -0.4 is 10.1 Å². The van der Waals surface area contributed by atoms with Gasteiger partial charge in [-0.25, -0.2) is 8.78 Å². The lowest BCUT2D eigenvalue weighted by Gasteiger charge is -2.05. The van der Waals surface area contributed by atoms with Crippen molar-refractivity contribution in [2.24, 2.45) is 0 Å². The number of methoxy groups -OCH3 is 1. The van der Waals surface area contributed by atoms with Crippen molar-refractivity contribution in [2.45, 2.75) is 0 Å². The van der Waals surface area contributed by atoms with E-state index >= 15 is 0 Å². The van der Waals surface area contributed by atoms with Gasteiger partial charge in [0.1, 0.15) is 17.4 Å². The van der Waals surface area contributed by atoms with E-state index in [4.69, 9.17) is 4.74 Å². The zero-order valence-electron chi connectivity index (χ0n) is 11.3. The SMILES string of the molecule is COc1ccccc1C=CC(=O)Nc1ccc(F)cc1F. The van der Waals surface area contributed by atoms with Crippen molar-refractivity contribution in [3.63, 3.8) is 0 Å². The Morgan fingerprint density at radius 1 is 1.19 bits per heavy atom. The van der Waals surface area contributed by atoms with Gasteiger partial charge >= 0.3 is 0 Å². The zero-order valence-corrected chi connectivity index (χ0v) is 11.3. The predicted molar refractivity (Wildman–Crippen MR) is 77.0 cm³/mol. The molecule has 108 valence electrons. The second-order valence-corrected chi connectivity index (χ2v) is 4.19. The van der Waals surface area contributed by atoms with E-state index in [-0.39, 0.29) is 5.69 Å². The number of ether oxygens (including phenoxy) is 1. The lowest BCUT2D eigenvalue weighted by molar-refractivity contribution is -0.111. The fraction of sp³-hybridized carbons (Fsp3) is 0.0625. The van der Waals surface area contributed by atoms with Crippen molar-refractivity contribution in [3.8, 4) is 5.75 Å². The molecule has 0 saturated carbocycles. The van der Waals surface area contributed by atoms with Crippen LogP contribution in [0, 0.1) is 11.6 Å². The first kappa shape index (κ1) is 14.7. The summed E-state index contributed by atoms with van der Waals surface area (Å²) in [6.07, 6.45) is 2.80. The second-order valence-electron chi connectivity index (χ2n) is 4.19. The molecule has 0 aromatic heterocycles. The number of carbonyl (C=O) groups is 1. The summed E-state index contributed by atoms with van der Waals surface area (Å²) in [4.78, 5) is 11.7. The van der Waals surface area contributed by atoms with Crippen molar-refractivity contribution in [1.82, 2.24) is 0 Å². The van der Waals surface area contributed by atoms with Crippen molar-refractivity contribution < 1.29 is 18.3 Å². The molecule has 1 N–H and O–H groups in total. The maximum atomic E-state index is 13.4. The van der Waals surface area contributed by atoms with E-state index in [0.29, 0.717) is 11.8 Å². The fourth-order valence-corrected chi connectivity index (χ4v) is 1.73. The molecule has 0 bridgehead atoms. The number of carbonyl (C=O) groups excluding carboxylic acids is 1. The highest BCUT2D eigenvalue weighted by Crippen LogP contribution is 2.19. The van der Waals surface area contributed by atoms with Gasteiger partial charge in [0.25, 0.3) is 0 Å². The Bertz CT molecular complexity index is 684. The van der Waals surface area contributed by atoms with Gasteiger partial charge < -0.3 is 10.1 Å². The molecule has 2 aromatic carbocycles. The minimum absolute atomic E-state index is 0.0777. The molecule has 21 heavy (non-hydrogen) atoms. The van der Waals surface area contributed by atoms with Crippen molar-refractivity contribution in [1.29, 1.82) is 0 Å². The number of para-hydroxylation sites is 1. The van der Waals surface area contributed by atoms with Crippen LogP contribution in [-0.2, 0) is 4.79 Å². The minimum Gasteiger partial charge on any atom is -0.496 e. The van der Waals surface area contributed by atoms with Crippen LogP contribution in [0.1, 0.15) is 5.56 Å². The van der Waals surface area contributed by atoms with E-state index in [1.165, 1.54) is 19.3 Å². The first-order valence-electron chi connectivity index (χ1n) is 6.17. The number of hydrogen-bond donors (Lipinski definition) is 1. The summed E-state index contributed by atoms with van der Waals surface area (Å²) in [7, 11) is 1.53. The molecule has 0 unspecified atom stereocenters. The van der Waals surface area contributed by atoms with Crippen LogP contribution in [0.4, 0.5) is 14.5 Å². The van der Waals surface area contributed by atoms with Crippen LogP contribution in [0.5, 0.6) is 5.75 Å². The summed E-state index contributed by atoms with van der Waals surface area (Å²) in [6.45, 7) is 0. The van der Waals surface area contributed by atoms with Gasteiger partial charge in [0.05, 0.1) is 12.8 Å². The molecule has 0 aliphatic heterocycles. The Hall–Kier alpha value is -2.69. The third kappa shape index (κ3) is 3.89. The van der Waals surface area contributed by atoms with E-state index in [1.54, 1.807) is 24.3 Å². The molecule has 0 spiro atoms. The number of rotatable bonds is 4. The molecule has 0 saturated heterocycles. The number of halogens is 2. The number of hydrogen-bond acceptors (Lipinski definition) is 2. The molecule has 0 heterocycles. The zero-order chi connectivity index (χ0) is 15.2. The Balaban J connectivity index is 2.09. The molecule has 0 atom stereocenters. The average molecular weight is 289 g/mol. The van der Waals surface area contributed by atoms with Crippen LogP contribution in [0.2, 0.25) is 0 Å². The quantitative estimate of drug-likeness (QED) is 0.873. The maximum absolute atomic E-state index is 13.4. The Morgan fingerprint density at radius 2 is 1.95 bits per heavy atom. The van der Waals surface area contributed by atoms with Gasteiger partial charge in [-0.3, -0.25) is 4.79 Å². The number of anilines is 1. The minimum atomic E-state index is -0.825. The lowest BCUT2D eigenvalue weighted by atomic mass is 10.2. The average Bonchev–Trinajstić information content (AvgIpc) is 2.48. The molecule has 2 rings (SSSR count). The van der Waals surface area contributed by atoms with Crippen LogP contribution >= 0.6 is 0 Å². The number of benzene rings is 2. The molecule has 5 heteroatoms. The van der Waals surface area contributed by atoms with Gasteiger partial charge in [0, 0.05) is 17.7 Å². The summed E-state index contributed by atoms with van der Waals surface area (Å²) in [5, 5.41) is 2.34. The van der Waals surface area contributed by atoms with E-state index in [2.05, 4.69) is 5.32 Å². The van der Waals surface area contributed by atoms with Gasteiger partial charge in [-0.2, -0.15) is 0 Å². The van der Waals surface area contributed by atoms with E-state index < -0.39 is 17.5 Å². The van der Waals surface area contributed by atoms with Gasteiger partial charge in [-0.1, -0.05) is 18.2 Å². The highest BCUT2D eigenvalue weighted by molar-refractivity contribution is 6.02. The largest absolute Gasteiger partial charge is 0.496 e. The molecule has 1 amide bonds. The summed E-state index contributed by atoms with van der Waals surface area (Å²) in [5.41, 5.74) is 0.640. The van der Waals surface area contributed by atoms with Crippen LogP contribution in [0.3, 0.4) is 0 Å². The van der Waals surface area contributed by atoms with E-state index in [0.717, 1.165) is 11.6 Å². The third-order valence-electron chi connectivity index (χ3n) is 2.74. The van der Waals surface area contributed by atoms with Crippen molar-refractivity contribution in [3.05, 3.63) is 65.7 Å². The molecule has 0 fully saturated rings. The first-order valence-corrected chi connectivity index (χ1v) is 6.17. The smallest absolute Gasteiger partial charge is 0.248 e. The molecule has 3 nitrogen and oxygen atoms in total. The Labute approximate surface area is 120 Å². The topological polar surface area (TPSA) is 38.3 Å². The molecular weight excluding hydrogens is 276 g/mol. The highest BCUT2D eigenvalue weighted by atomic mass is 19.1. The lowest BCUT2D eigenvalue weighted by Crippen LogP contribution is -2.09. The fourth-order valence-electron chi connectivity index (χ4n) is 1.73. The first-order chi connectivity index (χ1) is 10.1. The van der Waals surface area contributed by atoms with E-state index in [1.807, 2.05) is 6.07 Å². The summed E-state index contributed by atoms with van der Waals surface area (Å²) in [6, 6.07) is 10.1. The van der Waals surface area contributed by atoms with Crippen molar-refractivity contribution >= 4 is 17.7 Å². The highest BCUT2D eigenvalue weighted by Gasteiger charge is 2.06. The van der Waals surface area contributed by atoms with Gasteiger partial charge in [0.15, 0.2) is 0 Å². The number of nitrogens with one attached hydrogen (secondary N) is 1. The Morgan fingerprint density at radius 3 is 2.67 bits per heavy atom. The predicted octanol–water partition coefficient (Wildman–Crippen LogP) is 3.63. The molecular formula is C16H13F2NO2. The summed E-state index contributed by atoms with van der Waals surface area (Å²) >= 11 is 0. The van der Waals surface area contributed by atoms with Crippen LogP contribution in [0.15, 0.2) is 48.5 Å². The molecule has 2 aromatic rings.